The molecular formula is C19H21F3N2O2. The van der Waals surface area contributed by atoms with Crippen molar-refractivity contribution in [1.82, 2.24) is 9.80 Å². The number of hydrogen-bond acceptors (Lipinski definition) is 2. The molecule has 2 saturated heterocycles. The summed E-state index contributed by atoms with van der Waals surface area (Å²) < 4.78 is 39.6. The van der Waals surface area contributed by atoms with Crippen molar-refractivity contribution in [3.8, 4) is 0 Å². The Hall–Kier alpha value is -2.05. The number of carbonyl (C=O) groups is 2. The molecule has 140 valence electrons. The Morgan fingerprint density at radius 2 is 1.85 bits per heavy atom. The fraction of sp³-hybridized carbons (Fsp3) is 0.579. The van der Waals surface area contributed by atoms with Crippen molar-refractivity contribution in [2.75, 3.05) is 26.2 Å². The first-order valence-corrected chi connectivity index (χ1v) is 9.01. The van der Waals surface area contributed by atoms with E-state index in [1.165, 1.54) is 23.1 Å². The van der Waals surface area contributed by atoms with Crippen molar-refractivity contribution >= 4 is 11.8 Å². The van der Waals surface area contributed by atoms with Crippen molar-refractivity contribution in [1.29, 1.82) is 0 Å². The van der Waals surface area contributed by atoms with Crippen molar-refractivity contribution < 1.29 is 22.8 Å². The summed E-state index contributed by atoms with van der Waals surface area (Å²) in [5.74, 6) is -3.97. The fourth-order valence-electron chi connectivity index (χ4n) is 4.77. The molecule has 0 bridgehead atoms. The van der Waals surface area contributed by atoms with Crippen molar-refractivity contribution in [2.24, 2.45) is 11.3 Å². The Labute approximate surface area is 149 Å². The molecule has 2 amide bonds. The third kappa shape index (κ3) is 2.87. The minimum atomic E-state index is -2.77. The van der Waals surface area contributed by atoms with Gasteiger partial charge in [-0.15, -0.1) is 0 Å². The van der Waals surface area contributed by atoms with Crippen LogP contribution in [0.25, 0.3) is 0 Å². The van der Waals surface area contributed by atoms with Crippen molar-refractivity contribution in [2.45, 2.75) is 31.6 Å². The minimum Gasteiger partial charge on any atom is -0.338 e. The van der Waals surface area contributed by atoms with Crippen LogP contribution in [0, 0.1) is 17.2 Å². The Morgan fingerprint density at radius 3 is 2.54 bits per heavy atom. The Balaban J connectivity index is 1.47. The lowest BCUT2D eigenvalue weighted by molar-refractivity contribution is -0.172. The van der Waals surface area contributed by atoms with Crippen LogP contribution in [-0.4, -0.2) is 53.7 Å². The summed E-state index contributed by atoms with van der Waals surface area (Å²) in [4.78, 5) is 28.3. The molecule has 2 atom stereocenters. The average molecular weight is 366 g/mol. The van der Waals surface area contributed by atoms with Crippen LogP contribution in [0.3, 0.4) is 0 Å². The number of carbonyl (C=O) groups excluding carboxylic acids is 2. The van der Waals surface area contributed by atoms with Crippen LogP contribution >= 0.6 is 0 Å². The largest absolute Gasteiger partial charge is 0.338 e. The molecule has 3 aliphatic rings. The van der Waals surface area contributed by atoms with Gasteiger partial charge < -0.3 is 9.80 Å². The van der Waals surface area contributed by atoms with Crippen LogP contribution in [0.4, 0.5) is 13.2 Å². The average Bonchev–Trinajstić information content (AvgIpc) is 3.19. The van der Waals surface area contributed by atoms with Crippen LogP contribution in [0.5, 0.6) is 0 Å². The van der Waals surface area contributed by atoms with Gasteiger partial charge in [-0.1, -0.05) is 12.5 Å². The predicted molar refractivity (Wildman–Crippen MR) is 88.2 cm³/mol. The van der Waals surface area contributed by atoms with Gasteiger partial charge in [0, 0.05) is 30.0 Å². The maximum absolute atomic E-state index is 13.4. The van der Waals surface area contributed by atoms with E-state index in [1.54, 1.807) is 11.0 Å². The van der Waals surface area contributed by atoms with E-state index in [9.17, 15) is 22.8 Å². The Kier molecular flexibility index (Phi) is 4.00. The van der Waals surface area contributed by atoms with Gasteiger partial charge in [0.15, 0.2) is 0 Å². The van der Waals surface area contributed by atoms with Gasteiger partial charge in [-0.25, -0.2) is 13.2 Å². The number of halogens is 3. The molecule has 7 heteroatoms. The molecule has 2 aliphatic heterocycles. The topological polar surface area (TPSA) is 40.6 Å². The number of rotatable bonds is 2. The summed E-state index contributed by atoms with van der Waals surface area (Å²) in [5.41, 5.74) is -0.0318. The molecule has 0 aromatic heterocycles. The summed E-state index contributed by atoms with van der Waals surface area (Å²) >= 11 is 0. The van der Waals surface area contributed by atoms with E-state index in [0.29, 0.717) is 31.5 Å². The SMILES string of the molecule is O=C(c1cccc(F)c1)N1CCC2(CCCC2C(=O)N2CC(F)(F)C2)C1. The fourth-order valence-corrected chi connectivity index (χ4v) is 4.77. The van der Waals surface area contributed by atoms with Crippen LogP contribution < -0.4 is 0 Å². The zero-order valence-corrected chi connectivity index (χ0v) is 14.4. The molecule has 1 spiro atoms. The number of benzene rings is 1. The molecule has 26 heavy (non-hydrogen) atoms. The maximum atomic E-state index is 13.4. The van der Waals surface area contributed by atoms with Gasteiger partial charge in [-0.3, -0.25) is 9.59 Å². The number of likely N-dealkylation sites (tertiary alicyclic amines) is 2. The van der Waals surface area contributed by atoms with E-state index in [0.717, 1.165) is 12.8 Å². The summed E-state index contributed by atoms with van der Waals surface area (Å²) in [6, 6.07) is 5.58. The molecule has 2 unspecified atom stereocenters. The smallest absolute Gasteiger partial charge is 0.282 e. The number of alkyl halides is 2. The highest BCUT2D eigenvalue weighted by molar-refractivity contribution is 5.94. The summed E-state index contributed by atoms with van der Waals surface area (Å²) in [7, 11) is 0. The van der Waals surface area contributed by atoms with E-state index in [2.05, 4.69) is 0 Å². The number of amides is 2. The highest BCUT2D eigenvalue weighted by Gasteiger charge is 2.55. The molecule has 1 aliphatic carbocycles. The lowest BCUT2D eigenvalue weighted by Gasteiger charge is -2.42. The monoisotopic (exact) mass is 366 g/mol. The normalized spacial score (nSPS) is 29.9. The molecule has 3 fully saturated rings. The molecule has 0 radical (unpaired) electrons. The molecule has 1 aromatic rings. The van der Waals surface area contributed by atoms with E-state index >= 15 is 0 Å². The van der Waals surface area contributed by atoms with Crippen LogP contribution in [0.2, 0.25) is 0 Å². The second-order valence-corrected chi connectivity index (χ2v) is 7.84. The molecular weight excluding hydrogens is 345 g/mol. The van der Waals surface area contributed by atoms with E-state index in [1.807, 2.05) is 0 Å². The van der Waals surface area contributed by atoms with Crippen LogP contribution in [0.1, 0.15) is 36.0 Å². The van der Waals surface area contributed by atoms with Gasteiger partial charge in [-0.2, -0.15) is 0 Å². The van der Waals surface area contributed by atoms with E-state index in [-0.39, 0.29) is 23.1 Å². The van der Waals surface area contributed by atoms with Gasteiger partial charge in [0.25, 0.3) is 11.8 Å². The molecule has 4 nitrogen and oxygen atoms in total. The predicted octanol–water partition coefficient (Wildman–Crippen LogP) is 2.94. The lowest BCUT2D eigenvalue weighted by Crippen LogP contribution is -2.60. The second kappa shape index (κ2) is 5.99. The van der Waals surface area contributed by atoms with Crippen molar-refractivity contribution in [3.63, 3.8) is 0 Å². The minimum absolute atomic E-state index is 0.200. The first-order valence-electron chi connectivity index (χ1n) is 9.01. The summed E-state index contributed by atoms with van der Waals surface area (Å²) in [5, 5.41) is 0. The molecule has 4 rings (SSSR count). The molecule has 2 heterocycles. The van der Waals surface area contributed by atoms with E-state index < -0.39 is 24.8 Å². The van der Waals surface area contributed by atoms with Crippen molar-refractivity contribution in [3.05, 3.63) is 35.6 Å². The number of nitrogens with zero attached hydrogens (tertiary/aromatic N) is 2. The lowest BCUT2D eigenvalue weighted by atomic mass is 9.76. The van der Waals surface area contributed by atoms with Crippen LogP contribution in [-0.2, 0) is 4.79 Å². The molecule has 0 N–H and O–H groups in total. The Morgan fingerprint density at radius 1 is 1.08 bits per heavy atom. The second-order valence-electron chi connectivity index (χ2n) is 7.84. The quantitative estimate of drug-likeness (QED) is 0.808. The Bertz CT molecular complexity index is 746. The third-order valence-electron chi connectivity index (χ3n) is 6.10. The van der Waals surface area contributed by atoms with E-state index in [4.69, 9.17) is 0 Å². The standard InChI is InChI=1S/C19H21F3N2O2/c20-14-4-1-3-13(9-14)16(25)23-8-7-18(10-23)6-2-5-15(18)17(26)24-11-19(21,22)12-24/h1,3-4,9,15H,2,5-8,10-12H2. The molecule has 1 saturated carbocycles. The van der Waals surface area contributed by atoms with Crippen LogP contribution in [0.15, 0.2) is 24.3 Å². The zero-order chi connectivity index (χ0) is 18.5. The highest BCUT2D eigenvalue weighted by Crippen LogP contribution is 2.51. The maximum Gasteiger partial charge on any atom is 0.282 e. The summed E-state index contributed by atoms with van der Waals surface area (Å²) in [6.45, 7) is -0.0486. The van der Waals surface area contributed by atoms with Gasteiger partial charge in [-0.05, 0) is 37.5 Å². The van der Waals surface area contributed by atoms with Gasteiger partial charge in [0.1, 0.15) is 5.82 Å². The first kappa shape index (κ1) is 17.4. The first-order chi connectivity index (χ1) is 12.3. The van der Waals surface area contributed by atoms with Gasteiger partial charge in [0.2, 0.25) is 5.91 Å². The zero-order valence-electron chi connectivity index (χ0n) is 14.4. The van der Waals surface area contributed by atoms with Gasteiger partial charge >= 0.3 is 0 Å². The third-order valence-corrected chi connectivity index (χ3v) is 6.10. The van der Waals surface area contributed by atoms with Gasteiger partial charge in [0.05, 0.1) is 13.1 Å². The highest BCUT2D eigenvalue weighted by atomic mass is 19.3. The molecule has 1 aromatic carbocycles. The number of hydrogen-bond donors (Lipinski definition) is 0. The summed E-state index contributed by atoms with van der Waals surface area (Å²) in [6.07, 6.45) is 3.06.